The van der Waals surface area contributed by atoms with Crippen molar-refractivity contribution in [2.24, 2.45) is 0 Å². The van der Waals surface area contributed by atoms with E-state index in [0.717, 1.165) is 22.1 Å². The lowest BCUT2D eigenvalue weighted by atomic mass is 10.1. The fourth-order valence-electron chi connectivity index (χ4n) is 2.88. The average Bonchev–Trinajstić information content (AvgIpc) is 3.23. The van der Waals surface area contributed by atoms with Crippen LogP contribution in [-0.4, -0.2) is 42.9 Å². The number of nitrogens with one attached hydrogen (secondary N) is 1. The number of thioether (sulfide) groups is 1. The minimum atomic E-state index is -3.92. The highest BCUT2D eigenvalue weighted by Crippen LogP contribution is 2.34. The number of sulfonamides is 1. The number of imide groups is 1. The van der Waals surface area contributed by atoms with Gasteiger partial charge in [0.05, 0.1) is 4.91 Å². The van der Waals surface area contributed by atoms with E-state index in [4.69, 9.17) is 4.42 Å². The van der Waals surface area contributed by atoms with Gasteiger partial charge < -0.3 is 4.42 Å². The number of carbonyl (C=O) groups is 2. The number of amides is 2. The van der Waals surface area contributed by atoms with Crippen molar-refractivity contribution in [3.8, 4) is 11.1 Å². The molecule has 1 N–H and O–H groups in total. The maximum atomic E-state index is 14.6. The fourth-order valence-corrected chi connectivity index (χ4v) is 4.48. The van der Waals surface area contributed by atoms with Gasteiger partial charge in [-0.25, -0.2) is 17.1 Å². The minimum Gasteiger partial charge on any atom is -0.456 e. The molecule has 4 rings (SSSR count). The van der Waals surface area contributed by atoms with Crippen molar-refractivity contribution in [2.75, 3.05) is 14.1 Å². The van der Waals surface area contributed by atoms with Crippen molar-refractivity contribution < 1.29 is 26.8 Å². The van der Waals surface area contributed by atoms with Crippen LogP contribution in [-0.2, 0) is 14.8 Å². The fraction of sp³-hybridized carbons (Fsp3) is 0.105. The number of hydrogen-bond donors (Lipinski definition) is 1. The molecule has 0 bridgehead atoms. The van der Waals surface area contributed by atoms with E-state index in [2.05, 4.69) is 10.3 Å². The summed E-state index contributed by atoms with van der Waals surface area (Å²) in [4.78, 5) is 26.9. The third-order valence-electron chi connectivity index (χ3n) is 4.36. The molecule has 1 saturated heterocycles. The number of carbonyl (C=O) groups excluding carboxylic acids is 2. The second kappa shape index (κ2) is 7.35. The molecule has 1 aliphatic rings. The topological polar surface area (TPSA) is 110 Å². The molecule has 11 heteroatoms. The molecule has 3 heterocycles. The Hall–Kier alpha value is -3.02. The van der Waals surface area contributed by atoms with Gasteiger partial charge in [0.1, 0.15) is 22.1 Å². The summed E-state index contributed by atoms with van der Waals surface area (Å²) < 4.78 is 45.8. The summed E-state index contributed by atoms with van der Waals surface area (Å²) in [7, 11) is -1.28. The van der Waals surface area contributed by atoms with Crippen molar-refractivity contribution >= 4 is 50.0 Å². The Morgan fingerprint density at radius 2 is 1.97 bits per heavy atom. The molecule has 1 aromatic carbocycles. The maximum absolute atomic E-state index is 14.6. The van der Waals surface area contributed by atoms with Crippen LogP contribution in [0.4, 0.5) is 9.18 Å². The van der Waals surface area contributed by atoms with Crippen LogP contribution in [0.1, 0.15) is 5.76 Å². The summed E-state index contributed by atoms with van der Waals surface area (Å²) in [5.74, 6) is -1.09. The van der Waals surface area contributed by atoms with Crippen molar-refractivity contribution in [3.05, 3.63) is 53.1 Å². The van der Waals surface area contributed by atoms with Crippen LogP contribution in [0.2, 0.25) is 0 Å². The van der Waals surface area contributed by atoms with Crippen LogP contribution in [0.15, 0.2) is 50.9 Å². The van der Waals surface area contributed by atoms with E-state index in [-0.39, 0.29) is 4.91 Å². The SMILES string of the molecule is CN(C)S(=O)(=O)c1ccc(-c2cncc3cc(/C=C4\SC(=O)NC4=O)oc23)cc1F. The quantitative estimate of drug-likeness (QED) is 0.612. The third-order valence-corrected chi connectivity index (χ3v) is 7.02. The number of rotatable bonds is 4. The number of aromatic nitrogens is 1. The number of halogens is 1. The summed E-state index contributed by atoms with van der Waals surface area (Å²) in [6, 6.07) is 5.40. The van der Waals surface area contributed by atoms with E-state index in [0.29, 0.717) is 27.9 Å². The molecule has 30 heavy (non-hydrogen) atoms. The molecule has 2 aromatic heterocycles. The Labute approximate surface area is 174 Å². The number of fused-ring (bicyclic) bond motifs is 1. The standard InChI is InChI=1S/C19H14FN3O5S2/c1-23(2)30(26,27)16-4-3-10(6-14(16)20)13-9-21-8-11-5-12(28-17(11)13)7-15-18(24)22-19(25)29-15/h3-9H,1-2H3,(H,22,24,25)/b15-7-. The van der Waals surface area contributed by atoms with Crippen molar-refractivity contribution in [1.29, 1.82) is 0 Å². The zero-order valence-corrected chi connectivity index (χ0v) is 17.3. The monoisotopic (exact) mass is 447 g/mol. The van der Waals surface area contributed by atoms with Gasteiger partial charge in [-0.1, -0.05) is 6.07 Å². The van der Waals surface area contributed by atoms with Gasteiger partial charge in [0, 0.05) is 43.5 Å². The van der Waals surface area contributed by atoms with E-state index >= 15 is 0 Å². The Bertz CT molecular complexity index is 1350. The van der Waals surface area contributed by atoms with Gasteiger partial charge in [-0.3, -0.25) is 19.9 Å². The first kappa shape index (κ1) is 20.3. The Morgan fingerprint density at radius 3 is 2.60 bits per heavy atom. The molecule has 0 radical (unpaired) electrons. The summed E-state index contributed by atoms with van der Waals surface area (Å²) in [6.07, 6.45) is 4.44. The highest BCUT2D eigenvalue weighted by Gasteiger charge is 2.26. The predicted octanol–water partition coefficient (Wildman–Crippen LogP) is 3.21. The summed E-state index contributed by atoms with van der Waals surface area (Å²) in [5, 5.41) is 2.29. The first-order valence-corrected chi connectivity index (χ1v) is 10.8. The van der Waals surface area contributed by atoms with Crippen molar-refractivity contribution in [3.63, 3.8) is 0 Å². The lowest BCUT2D eigenvalue weighted by Gasteiger charge is -2.12. The van der Waals surface area contributed by atoms with Crippen molar-refractivity contribution in [1.82, 2.24) is 14.6 Å². The zero-order chi connectivity index (χ0) is 21.6. The molecule has 0 aliphatic carbocycles. The zero-order valence-electron chi connectivity index (χ0n) is 15.7. The van der Waals surface area contributed by atoms with E-state index in [1.54, 1.807) is 12.3 Å². The van der Waals surface area contributed by atoms with Gasteiger partial charge in [0.25, 0.3) is 11.1 Å². The lowest BCUT2D eigenvalue weighted by molar-refractivity contribution is -0.115. The first-order chi connectivity index (χ1) is 14.2. The van der Waals surface area contributed by atoms with Gasteiger partial charge >= 0.3 is 0 Å². The van der Waals surface area contributed by atoms with Crippen LogP contribution in [0, 0.1) is 5.82 Å². The molecule has 0 saturated carbocycles. The summed E-state index contributed by atoms with van der Waals surface area (Å²) in [6.45, 7) is 0. The van der Waals surface area contributed by atoms with Crippen LogP contribution < -0.4 is 5.32 Å². The Kier molecular flexibility index (Phi) is 4.96. The number of benzene rings is 1. The van der Waals surface area contributed by atoms with E-state index in [1.165, 1.54) is 38.5 Å². The summed E-state index contributed by atoms with van der Waals surface area (Å²) >= 11 is 0.763. The van der Waals surface area contributed by atoms with Gasteiger partial charge in [0.2, 0.25) is 10.0 Å². The molecule has 8 nitrogen and oxygen atoms in total. The van der Waals surface area contributed by atoms with Gasteiger partial charge in [-0.2, -0.15) is 0 Å². The molecule has 1 aliphatic heterocycles. The molecule has 0 atom stereocenters. The normalized spacial score (nSPS) is 16.1. The highest BCUT2D eigenvalue weighted by molar-refractivity contribution is 8.18. The van der Waals surface area contributed by atoms with Gasteiger partial charge in [-0.15, -0.1) is 0 Å². The second-order valence-electron chi connectivity index (χ2n) is 6.54. The third kappa shape index (κ3) is 3.51. The maximum Gasteiger partial charge on any atom is 0.290 e. The van der Waals surface area contributed by atoms with E-state index in [9.17, 15) is 22.4 Å². The smallest absolute Gasteiger partial charge is 0.290 e. The van der Waals surface area contributed by atoms with Crippen LogP contribution in [0.5, 0.6) is 0 Å². The highest BCUT2D eigenvalue weighted by atomic mass is 32.2. The molecular formula is C19H14FN3O5S2. The molecule has 2 amide bonds. The molecule has 154 valence electrons. The molecule has 0 unspecified atom stereocenters. The average molecular weight is 447 g/mol. The molecular weight excluding hydrogens is 433 g/mol. The van der Waals surface area contributed by atoms with Gasteiger partial charge in [-0.05, 0) is 35.5 Å². The van der Waals surface area contributed by atoms with Crippen LogP contribution in [0.25, 0.3) is 28.2 Å². The number of hydrogen-bond acceptors (Lipinski definition) is 7. The van der Waals surface area contributed by atoms with E-state index < -0.39 is 31.9 Å². The number of nitrogens with zero attached hydrogens (tertiary/aromatic N) is 2. The molecule has 3 aromatic rings. The lowest BCUT2D eigenvalue weighted by Crippen LogP contribution is -2.23. The van der Waals surface area contributed by atoms with Crippen LogP contribution >= 0.6 is 11.8 Å². The van der Waals surface area contributed by atoms with Crippen LogP contribution in [0.3, 0.4) is 0 Å². The van der Waals surface area contributed by atoms with E-state index in [1.807, 2.05) is 0 Å². The largest absolute Gasteiger partial charge is 0.456 e. The first-order valence-electron chi connectivity index (χ1n) is 8.51. The number of furan rings is 1. The minimum absolute atomic E-state index is 0.192. The predicted molar refractivity (Wildman–Crippen MR) is 109 cm³/mol. The molecule has 0 spiro atoms. The Morgan fingerprint density at radius 1 is 1.20 bits per heavy atom. The van der Waals surface area contributed by atoms with Gasteiger partial charge in [0.15, 0.2) is 0 Å². The second-order valence-corrected chi connectivity index (χ2v) is 9.67. The summed E-state index contributed by atoms with van der Waals surface area (Å²) in [5.41, 5.74) is 1.21. The number of pyridine rings is 1. The van der Waals surface area contributed by atoms with Crippen molar-refractivity contribution in [2.45, 2.75) is 4.90 Å². The Balaban J connectivity index is 1.78. The molecule has 1 fully saturated rings.